The number of benzene rings is 1. The molecule has 1 aromatic carbocycles. The van der Waals surface area contributed by atoms with Gasteiger partial charge in [-0.05, 0) is 56.5 Å². The zero-order valence-electron chi connectivity index (χ0n) is 15.9. The van der Waals surface area contributed by atoms with Gasteiger partial charge in [0.15, 0.2) is 12.2 Å². The second kappa shape index (κ2) is 9.69. The van der Waals surface area contributed by atoms with E-state index in [4.69, 9.17) is 11.6 Å². The molecule has 154 valence electrons. The van der Waals surface area contributed by atoms with E-state index in [1.807, 2.05) is 0 Å². The SMILES string of the molecule is O=C(NCc1ccc(Cl)cc1)[C@H](O)[C@@H](O)C(=O)N1CCC[C@@H]1CN1CCCC1. The largest absolute Gasteiger partial charge is 0.380 e. The van der Waals surface area contributed by atoms with E-state index in [0.29, 0.717) is 11.6 Å². The van der Waals surface area contributed by atoms with E-state index >= 15 is 0 Å². The highest BCUT2D eigenvalue weighted by Crippen LogP contribution is 2.22. The number of nitrogens with zero attached hydrogens (tertiary/aromatic N) is 2. The van der Waals surface area contributed by atoms with E-state index < -0.39 is 24.0 Å². The van der Waals surface area contributed by atoms with Gasteiger partial charge in [-0.25, -0.2) is 0 Å². The molecule has 1 aromatic rings. The number of carbonyl (C=O) groups excluding carboxylic acids is 2. The Kier molecular flexibility index (Phi) is 7.29. The van der Waals surface area contributed by atoms with Crippen LogP contribution in [0.3, 0.4) is 0 Å². The summed E-state index contributed by atoms with van der Waals surface area (Å²) in [7, 11) is 0. The number of amides is 2. The van der Waals surface area contributed by atoms with Gasteiger partial charge < -0.3 is 25.3 Å². The van der Waals surface area contributed by atoms with Gasteiger partial charge in [-0.2, -0.15) is 0 Å². The van der Waals surface area contributed by atoms with E-state index in [1.165, 1.54) is 12.8 Å². The van der Waals surface area contributed by atoms with Crippen LogP contribution in [-0.2, 0) is 16.1 Å². The Morgan fingerprint density at radius 2 is 1.75 bits per heavy atom. The highest BCUT2D eigenvalue weighted by atomic mass is 35.5. The minimum Gasteiger partial charge on any atom is -0.380 e. The van der Waals surface area contributed by atoms with Gasteiger partial charge >= 0.3 is 0 Å². The molecule has 0 spiro atoms. The number of rotatable bonds is 7. The van der Waals surface area contributed by atoms with Gasteiger partial charge in [0.2, 0.25) is 0 Å². The molecule has 2 aliphatic heterocycles. The van der Waals surface area contributed by atoms with Crippen molar-refractivity contribution in [3.05, 3.63) is 34.9 Å². The zero-order valence-corrected chi connectivity index (χ0v) is 16.6. The maximum Gasteiger partial charge on any atom is 0.254 e. The quantitative estimate of drug-likeness (QED) is 0.618. The van der Waals surface area contributed by atoms with E-state index in [1.54, 1.807) is 29.2 Å². The highest BCUT2D eigenvalue weighted by Gasteiger charge is 2.38. The summed E-state index contributed by atoms with van der Waals surface area (Å²) in [5.74, 6) is -1.35. The van der Waals surface area contributed by atoms with Gasteiger partial charge in [-0.15, -0.1) is 0 Å². The molecule has 2 amide bonds. The monoisotopic (exact) mass is 409 g/mol. The van der Waals surface area contributed by atoms with Gasteiger partial charge in [0, 0.05) is 30.7 Å². The molecule has 0 saturated carbocycles. The van der Waals surface area contributed by atoms with Crippen LogP contribution in [0, 0.1) is 0 Å². The first kappa shape index (κ1) is 21.0. The molecule has 28 heavy (non-hydrogen) atoms. The molecule has 2 aliphatic rings. The fraction of sp³-hybridized carbons (Fsp3) is 0.600. The van der Waals surface area contributed by atoms with Crippen molar-refractivity contribution in [3.8, 4) is 0 Å². The second-order valence-electron chi connectivity index (χ2n) is 7.57. The summed E-state index contributed by atoms with van der Waals surface area (Å²) < 4.78 is 0. The van der Waals surface area contributed by atoms with Crippen molar-refractivity contribution in [1.82, 2.24) is 15.1 Å². The maximum atomic E-state index is 12.7. The summed E-state index contributed by atoms with van der Waals surface area (Å²) in [6.07, 6.45) is 0.548. The van der Waals surface area contributed by atoms with Crippen LogP contribution in [0.2, 0.25) is 5.02 Å². The number of nitrogens with one attached hydrogen (secondary N) is 1. The molecular weight excluding hydrogens is 382 g/mol. The Bertz CT molecular complexity index is 679. The van der Waals surface area contributed by atoms with Crippen molar-refractivity contribution in [2.24, 2.45) is 0 Å². The molecule has 7 nitrogen and oxygen atoms in total. The molecule has 2 fully saturated rings. The molecule has 3 atom stereocenters. The van der Waals surface area contributed by atoms with Crippen molar-refractivity contribution in [3.63, 3.8) is 0 Å². The van der Waals surface area contributed by atoms with Crippen LogP contribution < -0.4 is 5.32 Å². The molecule has 2 heterocycles. The summed E-state index contributed by atoms with van der Waals surface area (Å²) in [5, 5.41) is 23.6. The molecule has 2 saturated heterocycles. The fourth-order valence-corrected chi connectivity index (χ4v) is 4.05. The molecule has 0 aromatic heterocycles. The Morgan fingerprint density at radius 3 is 2.43 bits per heavy atom. The van der Waals surface area contributed by atoms with E-state index in [9.17, 15) is 19.8 Å². The molecule has 0 bridgehead atoms. The second-order valence-corrected chi connectivity index (χ2v) is 8.01. The third-order valence-electron chi connectivity index (χ3n) is 5.53. The lowest BCUT2D eigenvalue weighted by Crippen LogP contribution is -2.53. The first-order valence-electron chi connectivity index (χ1n) is 9.87. The van der Waals surface area contributed by atoms with Gasteiger partial charge in [0.1, 0.15) is 0 Å². The highest BCUT2D eigenvalue weighted by molar-refractivity contribution is 6.30. The number of halogens is 1. The summed E-state index contributed by atoms with van der Waals surface area (Å²) >= 11 is 5.82. The van der Waals surface area contributed by atoms with Crippen LogP contribution in [0.15, 0.2) is 24.3 Å². The third kappa shape index (κ3) is 5.23. The van der Waals surface area contributed by atoms with Gasteiger partial charge in [-0.3, -0.25) is 9.59 Å². The first-order chi connectivity index (χ1) is 13.5. The van der Waals surface area contributed by atoms with Crippen LogP contribution in [0.5, 0.6) is 0 Å². The smallest absolute Gasteiger partial charge is 0.254 e. The topological polar surface area (TPSA) is 93.1 Å². The lowest BCUT2D eigenvalue weighted by Gasteiger charge is -2.30. The maximum absolute atomic E-state index is 12.7. The molecule has 3 rings (SSSR count). The fourth-order valence-electron chi connectivity index (χ4n) is 3.92. The Morgan fingerprint density at radius 1 is 1.07 bits per heavy atom. The van der Waals surface area contributed by atoms with Crippen molar-refractivity contribution in [2.45, 2.75) is 50.5 Å². The molecule has 0 radical (unpaired) electrons. The number of hydrogen-bond acceptors (Lipinski definition) is 5. The van der Waals surface area contributed by atoms with Crippen LogP contribution in [0.1, 0.15) is 31.2 Å². The number of hydrogen-bond donors (Lipinski definition) is 3. The summed E-state index contributed by atoms with van der Waals surface area (Å²) in [6.45, 7) is 3.59. The molecular formula is C20H28ClN3O4. The van der Waals surface area contributed by atoms with E-state index in [2.05, 4.69) is 10.2 Å². The van der Waals surface area contributed by atoms with E-state index in [-0.39, 0.29) is 12.6 Å². The van der Waals surface area contributed by atoms with Gasteiger partial charge in [0.25, 0.3) is 11.8 Å². The standard InChI is InChI=1S/C20H28ClN3O4/c21-15-7-5-14(6-8-15)12-22-19(27)17(25)18(26)20(28)24-11-3-4-16(24)13-23-9-1-2-10-23/h5-8,16-18,25-26H,1-4,9-13H2,(H,22,27)/t16-,17-,18-/m1/s1. The third-order valence-corrected chi connectivity index (χ3v) is 5.78. The van der Waals surface area contributed by atoms with Crippen molar-refractivity contribution in [2.75, 3.05) is 26.2 Å². The lowest BCUT2D eigenvalue weighted by molar-refractivity contribution is -0.154. The summed E-state index contributed by atoms with van der Waals surface area (Å²) in [4.78, 5) is 28.8. The minimum atomic E-state index is -1.80. The zero-order chi connectivity index (χ0) is 20.1. The molecule has 0 aliphatic carbocycles. The van der Waals surface area contributed by atoms with E-state index in [0.717, 1.165) is 38.0 Å². The van der Waals surface area contributed by atoms with Crippen molar-refractivity contribution in [1.29, 1.82) is 0 Å². The average molecular weight is 410 g/mol. The van der Waals surface area contributed by atoms with Crippen LogP contribution >= 0.6 is 11.6 Å². The Hall–Kier alpha value is -1.67. The minimum absolute atomic E-state index is 0.0320. The summed E-state index contributed by atoms with van der Waals surface area (Å²) in [6, 6.07) is 6.94. The Balaban J connectivity index is 1.52. The molecule has 0 unspecified atom stereocenters. The number of carbonyl (C=O) groups is 2. The van der Waals surface area contributed by atoms with Crippen molar-refractivity contribution < 1.29 is 19.8 Å². The number of likely N-dealkylation sites (tertiary alicyclic amines) is 2. The predicted molar refractivity (Wildman–Crippen MR) is 106 cm³/mol. The average Bonchev–Trinajstić information content (AvgIpc) is 3.38. The number of aliphatic hydroxyl groups excluding tert-OH is 2. The molecule has 3 N–H and O–H groups in total. The summed E-state index contributed by atoms with van der Waals surface area (Å²) in [5.41, 5.74) is 0.802. The van der Waals surface area contributed by atoms with Crippen LogP contribution in [-0.4, -0.2) is 76.3 Å². The molecule has 8 heteroatoms. The first-order valence-corrected chi connectivity index (χ1v) is 10.2. The van der Waals surface area contributed by atoms with Gasteiger partial charge in [-0.1, -0.05) is 23.7 Å². The van der Waals surface area contributed by atoms with Crippen LogP contribution in [0.4, 0.5) is 0 Å². The van der Waals surface area contributed by atoms with Crippen LogP contribution in [0.25, 0.3) is 0 Å². The van der Waals surface area contributed by atoms with Crippen molar-refractivity contribution >= 4 is 23.4 Å². The van der Waals surface area contributed by atoms with Gasteiger partial charge in [0.05, 0.1) is 0 Å². The Labute approximate surface area is 170 Å². The predicted octanol–water partition coefficient (Wildman–Crippen LogP) is 0.765. The number of aliphatic hydroxyl groups is 2. The normalized spacial score (nSPS) is 22.2. The lowest BCUT2D eigenvalue weighted by atomic mass is 10.1.